The van der Waals surface area contributed by atoms with Crippen molar-refractivity contribution in [3.8, 4) is 0 Å². The summed E-state index contributed by atoms with van der Waals surface area (Å²) in [5, 5.41) is 11.0. The number of rotatable bonds is 6. The van der Waals surface area contributed by atoms with Crippen LogP contribution in [0.25, 0.3) is 11.2 Å². The number of aromatic nitrogens is 4. The predicted octanol–water partition coefficient (Wildman–Crippen LogP) is 1.72. The molecule has 0 amide bonds. The molecule has 0 saturated carbocycles. The lowest BCUT2D eigenvalue weighted by atomic mass is 10.1. The third kappa shape index (κ3) is 4.33. The van der Waals surface area contributed by atoms with Gasteiger partial charge in [0.1, 0.15) is 30.2 Å². The Morgan fingerprint density at radius 1 is 1.34 bits per heavy atom. The molecule has 0 aromatic carbocycles. The third-order valence-corrected chi connectivity index (χ3v) is 10.4. The molecule has 0 bridgehead atoms. The number of aliphatic hydroxyl groups is 1. The van der Waals surface area contributed by atoms with Crippen LogP contribution < -0.4 is 5.73 Å². The van der Waals surface area contributed by atoms with Crippen molar-refractivity contribution in [2.24, 2.45) is 0 Å². The normalized spacial score (nSPS) is 26.2. The monoisotopic (exact) mass is 444 g/mol. The Bertz CT molecular complexity index is 904. The highest BCUT2D eigenvalue weighted by molar-refractivity contribution is 7.32. The van der Waals surface area contributed by atoms with Crippen LogP contribution in [-0.4, -0.2) is 62.8 Å². The molecule has 161 valence electrons. The molecule has 1 radical (unpaired) electrons. The van der Waals surface area contributed by atoms with Crippen LogP contribution in [0.3, 0.4) is 0 Å². The molecule has 1 fully saturated rings. The Balaban J connectivity index is 1.94. The smallest absolute Gasteiger partial charge is 0.366 e. The van der Waals surface area contributed by atoms with Crippen molar-refractivity contribution in [3.05, 3.63) is 12.7 Å². The number of hydrogen-bond acceptors (Lipinski definition) is 9. The van der Waals surface area contributed by atoms with E-state index in [1.165, 1.54) is 12.7 Å². The second-order valence-corrected chi connectivity index (χ2v) is 14.0. The Morgan fingerprint density at radius 3 is 2.66 bits per heavy atom. The van der Waals surface area contributed by atoms with Gasteiger partial charge in [-0.3, -0.25) is 14.0 Å². The molecule has 1 unspecified atom stereocenters. The summed E-state index contributed by atoms with van der Waals surface area (Å²) >= 11 is 0. The standard InChI is InChI=1S/C16H27N5O6PSi/c1-16(2,3)29(4,5)27-12-9(6-25-28(23)24)26-15(11(12)22)21-8-20-10-13(17)18-7-19-14(10)21/h7-9,11-12,15,22H,6H2,1-5H3,(H,23,24)(H2,17,18,19)/t9-,11-,12-,15-/m1/s1. The number of nitrogen functional groups attached to an aromatic ring is 1. The van der Waals surface area contributed by atoms with Gasteiger partial charge >= 0.3 is 8.25 Å². The van der Waals surface area contributed by atoms with Crippen LogP contribution in [0.15, 0.2) is 12.7 Å². The summed E-state index contributed by atoms with van der Waals surface area (Å²) in [6.07, 6.45) is -0.711. The molecule has 0 aliphatic carbocycles. The zero-order valence-corrected chi connectivity index (χ0v) is 18.9. The minimum absolute atomic E-state index is 0.109. The maximum Gasteiger partial charge on any atom is 0.366 e. The van der Waals surface area contributed by atoms with Crippen molar-refractivity contribution in [1.29, 1.82) is 0 Å². The van der Waals surface area contributed by atoms with E-state index < -0.39 is 41.1 Å². The second-order valence-electron chi connectivity index (χ2n) is 8.52. The van der Waals surface area contributed by atoms with Gasteiger partial charge in [0, 0.05) is 0 Å². The number of nitrogens with two attached hydrogens (primary N) is 1. The average molecular weight is 444 g/mol. The van der Waals surface area contributed by atoms with E-state index in [0.29, 0.717) is 11.2 Å². The fourth-order valence-corrected chi connectivity index (χ4v) is 4.54. The fourth-order valence-electron chi connectivity index (χ4n) is 2.94. The number of aliphatic hydroxyl groups excluding tert-OH is 1. The van der Waals surface area contributed by atoms with Crippen LogP contribution in [0.1, 0.15) is 27.0 Å². The van der Waals surface area contributed by atoms with E-state index in [9.17, 15) is 9.67 Å². The predicted molar refractivity (Wildman–Crippen MR) is 107 cm³/mol. The van der Waals surface area contributed by atoms with Crippen LogP contribution >= 0.6 is 8.25 Å². The second kappa shape index (κ2) is 7.95. The van der Waals surface area contributed by atoms with E-state index in [1.54, 1.807) is 4.57 Å². The van der Waals surface area contributed by atoms with Crippen molar-refractivity contribution < 1.29 is 28.3 Å². The molecule has 1 aliphatic heterocycles. The van der Waals surface area contributed by atoms with E-state index in [-0.39, 0.29) is 17.5 Å². The van der Waals surface area contributed by atoms with Gasteiger partial charge in [-0.2, -0.15) is 0 Å². The molecule has 0 spiro atoms. The average Bonchev–Trinajstić information content (AvgIpc) is 3.15. The molecule has 5 atom stereocenters. The Kier molecular flexibility index (Phi) is 6.07. The van der Waals surface area contributed by atoms with Crippen LogP contribution in [0.5, 0.6) is 0 Å². The first kappa shape index (κ1) is 22.2. The summed E-state index contributed by atoms with van der Waals surface area (Å²) in [7, 11) is -5.10. The lowest BCUT2D eigenvalue weighted by Crippen LogP contribution is -2.49. The summed E-state index contributed by atoms with van der Waals surface area (Å²) in [5.74, 6) is 0.215. The fraction of sp³-hybridized carbons (Fsp3) is 0.688. The molecule has 1 saturated heterocycles. The molecule has 29 heavy (non-hydrogen) atoms. The number of hydrogen-bond donors (Lipinski definition) is 3. The SMILES string of the molecule is CC(C)(C)[Si](C)(C)O[C@H]1[C@@H](O)[C@H](n2cnc3c(N)ncnc32)O[C@@H]1CO[P](=O)O. The molecule has 2 aromatic rings. The summed E-state index contributed by atoms with van der Waals surface area (Å²) in [6, 6.07) is 0. The van der Waals surface area contributed by atoms with E-state index >= 15 is 0 Å². The Hall–Kier alpha value is -1.53. The zero-order valence-electron chi connectivity index (χ0n) is 17.0. The quantitative estimate of drug-likeness (QED) is 0.443. The largest absolute Gasteiger partial charge is 0.408 e. The zero-order chi connectivity index (χ0) is 21.6. The first-order valence-corrected chi connectivity index (χ1v) is 13.2. The van der Waals surface area contributed by atoms with Crippen molar-refractivity contribution in [2.45, 2.75) is 63.4 Å². The van der Waals surface area contributed by atoms with Gasteiger partial charge in [-0.25, -0.2) is 19.5 Å². The maximum absolute atomic E-state index is 11.1. The van der Waals surface area contributed by atoms with Gasteiger partial charge in [-0.05, 0) is 18.1 Å². The molecular weight excluding hydrogens is 417 g/mol. The first-order chi connectivity index (χ1) is 13.4. The lowest BCUT2D eigenvalue weighted by Gasteiger charge is -2.39. The molecule has 4 N–H and O–H groups in total. The highest BCUT2D eigenvalue weighted by Crippen LogP contribution is 2.42. The molecule has 11 nitrogen and oxygen atoms in total. The number of nitrogens with zero attached hydrogens (tertiary/aromatic N) is 4. The van der Waals surface area contributed by atoms with Gasteiger partial charge in [0.25, 0.3) is 0 Å². The van der Waals surface area contributed by atoms with Crippen molar-refractivity contribution >= 4 is 33.6 Å². The van der Waals surface area contributed by atoms with Crippen LogP contribution in [0.4, 0.5) is 5.82 Å². The highest BCUT2D eigenvalue weighted by Gasteiger charge is 2.50. The van der Waals surface area contributed by atoms with Gasteiger partial charge in [0.2, 0.25) is 0 Å². The highest BCUT2D eigenvalue weighted by atomic mass is 31.1. The Morgan fingerprint density at radius 2 is 2.03 bits per heavy atom. The van der Waals surface area contributed by atoms with Crippen LogP contribution in [0.2, 0.25) is 18.1 Å². The third-order valence-electron chi connectivity index (χ3n) is 5.56. The Labute approximate surface area is 170 Å². The van der Waals surface area contributed by atoms with Gasteiger partial charge < -0.3 is 20.0 Å². The molecule has 13 heteroatoms. The topological polar surface area (TPSA) is 155 Å². The molecule has 3 rings (SSSR count). The number of imidazole rings is 1. The summed E-state index contributed by atoms with van der Waals surface area (Å²) < 4.78 is 29.9. The van der Waals surface area contributed by atoms with Crippen molar-refractivity contribution in [1.82, 2.24) is 19.5 Å². The van der Waals surface area contributed by atoms with Gasteiger partial charge in [-0.15, -0.1) is 0 Å². The van der Waals surface area contributed by atoms with Gasteiger partial charge in [-0.1, -0.05) is 20.8 Å². The van der Waals surface area contributed by atoms with E-state index in [4.69, 9.17) is 24.3 Å². The first-order valence-electron chi connectivity index (χ1n) is 9.16. The molecular formula is C16H27N5O6PSi. The lowest BCUT2D eigenvalue weighted by molar-refractivity contribution is -0.0473. The van der Waals surface area contributed by atoms with Crippen molar-refractivity contribution in [2.75, 3.05) is 12.3 Å². The van der Waals surface area contributed by atoms with Crippen molar-refractivity contribution in [3.63, 3.8) is 0 Å². The number of fused-ring (bicyclic) bond motifs is 1. The summed E-state index contributed by atoms with van der Waals surface area (Å²) in [5.41, 5.74) is 6.64. The van der Waals surface area contributed by atoms with E-state index in [1.807, 2.05) is 0 Å². The van der Waals surface area contributed by atoms with Crippen LogP contribution in [0, 0.1) is 0 Å². The minimum Gasteiger partial charge on any atom is -0.408 e. The number of ether oxygens (including phenoxy) is 1. The molecule has 1 aliphatic rings. The molecule has 2 aromatic heterocycles. The van der Waals surface area contributed by atoms with E-state index in [2.05, 4.69) is 48.8 Å². The molecule has 3 heterocycles. The number of anilines is 1. The summed E-state index contributed by atoms with van der Waals surface area (Å²) in [4.78, 5) is 21.3. The van der Waals surface area contributed by atoms with Gasteiger partial charge in [0.05, 0.1) is 12.9 Å². The minimum atomic E-state index is -2.81. The summed E-state index contributed by atoms with van der Waals surface area (Å²) in [6.45, 7) is 10.1. The maximum atomic E-state index is 11.1. The van der Waals surface area contributed by atoms with Crippen LogP contribution in [-0.2, 0) is 18.3 Å². The van der Waals surface area contributed by atoms with E-state index in [0.717, 1.165) is 0 Å². The van der Waals surface area contributed by atoms with Gasteiger partial charge in [0.15, 0.2) is 26.0 Å².